The van der Waals surface area contributed by atoms with E-state index in [4.69, 9.17) is 14.6 Å². The van der Waals surface area contributed by atoms with Crippen molar-refractivity contribution >= 4 is 29.1 Å². The molecule has 4 aromatic rings. The zero-order valence-corrected chi connectivity index (χ0v) is 28.0. The van der Waals surface area contributed by atoms with Crippen molar-refractivity contribution in [1.82, 2.24) is 25.0 Å². The third-order valence-corrected chi connectivity index (χ3v) is 9.44. The maximum absolute atomic E-state index is 13.1. The molecular formula is C37H39N7O7. The van der Waals surface area contributed by atoms with E-state index in [1.54, 1.807) is 30.6 Å². The van der Waals surface area contributed by atoms with Crippen molar-refractivity contribution in [3.8, 4) is 22.4 Å². The number of carbonyl (C=O) groups is 3. The number of aromatic nitrogens is 3. The van der Waals surface area contributed by atoms with Gasteiger partial charge in [-0.3, -0.25) is 34.3 Å². The van der Waals surface area contributed by atoms with Crippen molar-refractivity contribution in [2.75, 3.05) is 38.3 Å². The monoisotopic (exact) mass is 693 g/mol. The number of imide groups is 1. The smallest absolute Gasteiger partial charge is 0.257 e. The summed E-state index contributed by atoms with van der Waals surface area (Å²) in [6.45, 7) is 2.84. The molecule has 1 fully saturated rings. The van der Waals surface area contributed by atoms with Crippen LogP contribution in [-0.2, 0) is 32.0 Å². The molecule has 0 spiro atoms. The number of carbonyl (C=O) groups excluding carboxylic acids is 3. The molecule has 14 heteroatoms. The number of pyridine rings is 1. The number of rotatable bonds is 14. The number of aryl methyl sites for hydroxylation is 2. The molecule has 2 aromatic carbocycles. The van der Waals surface area contributed by atoms with Gasteiger partial charge in [0.25, 0.3) is 5.91 Å². The Morgan fingerprint density at radius 3 is 2.55 bits per heavy atom. The van der Waals surface area contributed by atoms with Crippen molar-refractivity contribution in [1.29, 1.82) is 0 Å². The second-order valence-corrected chi connectivity index (χ2v) is 12.6. The van der Waals surface area contributed by atoms with Gasteiger partial charge in [-0.05, 0) is 61.1 Å². The van der Waals surface area contributed by atoms with Gasteiger partial charge in [-0.2, -0.15) is 5.10 Å². The van der Waals surface area contributed by atoms with E-state index in [9.17, 15) is 24.7 Å². The lowest BCUT2D eigenvalue weighted by molar-refractivity contribution is -0.139. The van der Waals surface area contributed by atoms with Crippen LogP contribution in [0.5, 0.6) is 0 Å². The van der Waals surface area contributed by atoms with Crippen LogP contribution in [0.25, 0.3) is 22.4 Å². The molecule has 3 aliphatic rings. The van der Waals surface area contributed by atoms with Gasteiger partial charge in [-0.1, -0.05) is 29.4 Å². The van der Waals surface area contributed by atoms with Gasteiger partial charge in [-0.25, -0.2) is 0 Å². The summed E-state index contributed by atoms with van der Waals surface area (Å²) in [5.41, 5.74) is 8.13. The highest BCUT2D eigenvalue weighted by Crippen LogP contribution is 2.39. The molecule has 3 amide bonds. The average molecular weight is 694 g/mol. The second kappa shape index (κ2) is 15.2. The molecule has 1 aliphatic carbocycles. The van der Waals surface area contributed by atoms with Crippen LogP contribution in [0.3, 0.4) is 0 Å². The molecule has 2 aromatic heterocycles. The lowest BCUT2D eigenvalue weighted by Gasteiger charge is -2.32. The first-order chi connectivity index (χ1) is 24.9. The number of benzene rings is 2. The van der Waals surface area contributed by atoms with Gasteiger partial charge in [0, 0.05) is 78.2 Å². The van der Waals surface area contributed by atoms with Gasteiger partial charge in [0.05, 0.1) is 25.5 Å². The number of oxime groups is 1. The number of ether oxygens (including phenoxy) is 2. The van der Waals surface area contributed by atoms with Crippen LogP contribution >= 0.6 is 0 Å². The molecule has 4 N–H and O–H groups in total. The Morgan fingerprint density at radius 1 is 0.922 bits per heavy atom. The number of hydrogen-bond acceptors (Lipinski definition) is 11. The highest BCUT2D eigenvalue weighted by molar-refractivity contribution is 6.06. The zero-order valence-electron chi connectivity index (χ0n) is 28.0. The molecule has 0 bridgehead atoms. The van der Waals surface area contributed by atoms with E-state index in [-0.39, 0.29) is 18.7 Å². The van der Waals surface area contributed by atoms with Crippen molar-refractivity contribution in [2.24, 2.45) is 5.16 Å². The number of nitrogens with one attached hydrogen (secondary N) is 2. The first-order valence-electron chi connectivity index (χ1n) is 17.1. The maximum Gasteiger partial charge on any atom is 0.257 e. The van der Waals surface area contributed by atoms with Crippen LogP contribution in [-0.4, -0.2) is 92.4 Å². The standard InChI is InChI=1S/C37H39N7O7/c45-32-10-9-31(35(46)40-32)44-36(47)27-3-1-4-30(33(27)37(44)48)39-15-18-51-20-19-50-17-2-16-43-22-28(34(41-43)23-11-13-38-14-12-23)25-5-7-26-24(21-25)6-8-29(26)42-49/h1,3-5,7,11-14,21-22,31,37,39,48-49H,2,6,8-10,15-20H2,(H,40,45,46)/b42-29+. The third-order valence-electron chi connectivity index (χ3n) is 9.44. The fourth-order valence-corrected chi connectivity index (χ4v) is 6.95. The van der Waals surface area contributed by atoms with Gasteiger partial charge in [0.1, 0.15) is 11.7 Å². The number of amides is 3. The zero-order chi connectivity index (χ0) is 35.3. The highest BCUT2D eigenvalue weighted by Gasteiger charge is 2.45. The summed E-state index contributed by atoms with van der Waals surface area (Å²) in [4.78, 5) is 42.4. The Balaban J connectivity index is 0.857. The van der Waals surface area contributed by atoms with Crippen LogP contribution in [0, 0.1) is 0 Å². The van der Waals surface area contributed by atoms with Gasteiger partial charge < -0.3 is 25.1 Å². The van der Waals surface area contributed by atoms with E-state index in [0.717, 1.165) is 63.4 Å². The van der Waals surface area contributed by atoms with E-state index in [1.807, 2.05) is 28.9 Å². The molecule has 264 valence electrons. The minimum Gasteiger partial charge on any atom is -0.411 e. The molecule has 1 saturated heterocycles. The summed E-state index contributed by atoms with van der Waals surface area (Å²) < 4.78 is 13.5. The number of piperidine rings is 1. The van der Waals surface area contributed by atoms with Crippen molar-refractivity contribution in [2.45, 2.75) is 50.9 Å². The summed E-state index contributed by atoms with van der Waals surface area (Å²) in [5.74, 6) is -1.41. The fourth-order valence-electron chi connectivity index (χ4n) is 6.95. The predicted octanol–water partition coefficient (Wildman–Crippen LogP) is 3.52. The van der Waals surface area contributed by atoms with Crippen LogP contribution in [0.2, 0.25) is 0 Å². The van der Waals surface area contributed by atoms with E-state index in [2.05, 4.69) is 33.0 Å². The lowest BCUT2D eigenvalue weighted by atomic mass is 9.98. The molecular weight excluding hydrogens is 654 g/mol. The summed E-state index contributed by atoms with van der Waals surface area (Å²) in [6.07, 6.45) is 6.88. The Bertz CT molecular complexity index is 1960. The van der Waals surface area contributed by atoms with Crippen molar-refractivity contribution in [3.63, 3.8) is 0 Å². The molecule has 2 aliphatic heterocycles. The van der Waals surface area contributed by atoms with E-state index in [0.29, 0.717) is 56.3 Å². The predicted molar refractivity (Wildman–Crippen MR) is 186 cm³/mol. The number of fused-ring (bicyclic) bond motifs is 2. The Morgan fingerprint density at radius 2 is 1.75 bits per heavy atom. The van der Waals surface area contributed by atoms with E-state index < -0.39 is 24.1 Å². The largest absolute Gasteiger partial charge is 0.411 e. The van der Waals surface area contributed by atoms with Crippen molar-refractivity contribution in [3.05, 3.63) is 89.4 Å². The number of aliphatic hydroxyl groups is 1. The SMILES string of the molecule is O=C1CCC(N2C(=O)c3cccc(NCCOCCOCCCn4cc(-c5ccc6c(c5)CC/C6=N\O)c(-c5ccncc5)n4)c3C2O)C(=O)N1. The topological polar surface area (TPSA) is 180 Å². The summed E-state index contributed by atoms with van der Waals surface area (Å²) in [5, 5.41) is 34.2. The molecule has 51 heavy (non-hydrogen) atoms. The average Bonchev–Trinajstić information content (AvgIpc) is 3.83. The first-order valence-corrected chi connectivity index (χ1v) is 17.1. The quantitative estimate of drug-likeness (QED) is 0.0661. The molecule has 2 atom stereocenters. The minimum absolute atomic E-state index is 0.107. The molecule has 0 saturated carbocycles. The number of anilines is 1. The molecule has 14 nitrogen and oxygen atoms in total. The Hall–Kier alpha value is -5.44. The second-order valence-electron chi connectivity index (χ2n) is 12.6. The first kappa shape index (κ1) is 34.0. The number of hydrogen-bond donors (Lipinski definition) is 4. The van der Waals surface area contributed by atoms with Crippen LogP contribution in [0.1, 0.15) is 59.0 Å². The van der Waals surface area contributed by atoms with Gasteiger partial charge in [0.2, 0.25) is 11.8 Å². The normalized spacial score (nSPS) is 19.0. The molecule has 4 heterocycles. The Kier molecular flexibility index (Phi) is 10.1. The third kappa shape index (κ3) is 7.11. The van der Waals surface area contributed by atoms with E-state index >= 15 is 0 Å². The highest BCUT2D eigenvalue weighted by atomic mass is 16.5. The maximum atomic E-state index is 13.1. The summed E-state index contributed by atoms with van der Waals surface area (Å²) in [6, 6.07) is 14.3. The fraction of sp³-hybridized carbons (Fsp3) is 0.351. The van der Waals surface area contributed by atoms with Crippen molar-refractivity contribution < 1.29 is 34.2 Å². The summed E-state index contributed by atoms with van der Waals surface area (Å²) >= 11 is 0. The minimum atomic E-state index is -1.31. The number of nitrogens with zero attached hydrogens (tertiary/aromatic N) is 5. The molecule has 2 unspecified atom stereocenters. The van der Waals surface area contributed by atoms with E-state index in [1.165, 1.54) is 0 Å². The van der Waals surface area contributed by atoms with Crippen LogP contribution in [0.4, 0.5) is 5.69 Å². The van der Waals surface area contributed by atoms with Gasteiger partial charge in [0.15, 0.2) is 6.23 Å². The number of aliphatic hydroxyl groups excluding tert-OH is 1. The van der Waals surface area contributed by atoms with Crippen LogP contribution in [0.15, 0.2) is 72.3 Å². The van der Waals surface area contributed by atoms with Gasteiger partial charge in [-0.15, -0.1) is 0 Å². The molecule has 7 rings (SSSR count). The van der Waals surface area contributed by atoms with Gasteiger partial charge >= 0.3 is 0 Å². The lowest BCUT2D eigenvalue weighted by Crippen LogP contribution is -2.53. The Labute approximate surface area is 294 Å². The van der Waals surface area contributed by atoms with Crippen LogP contribution < -0.4 is 10.6 Å². The molecule has 0 radical (unpaired) electrons. The summed E-state index contributed by atoms with van der Waals surface area (Å²) in [7, 11) is 0.